The van der Waals surface area contributed by atoms with Crippen LogP contribution in [0.15, 0.2) is 71.6 Å². The van der Waals surface area contributed by atoms with Crippen LogP contribution in [0, 0.1) is 5.41 Å². The number of halogens is 2. The number of benzene rings is 3. The Morgan fingerprint density at radius 2 is 1.76 bits per heavy atom. The van der Waals surface area contributed by atoms with E-state index in [2.05, 4.69) is 34.6 Å². The van der Waals surface area contributed by atoms with Crippen molar-refractivity contribution in [3.8, 4) is 11.1 Å². The molecule has 1 saturated carbocycles. The molecule has 2 fully saturated rings. The number of thiazole rings is 1. The summed E-state index contributed by atoms with van der Waals surface area (Å²) < 4.78 is 29.4. The number of piperidine rings is 1. The van der Waals surface area contributed by atoms with Crippen LogP contribution < -0.4 is 5.32 Å². The van der Waals surface area contributed by atoms with Gasteiger partial charge in [-0.3, -0.25) is 0 Å². The minimum atomic E-state index is -3.53. The maximum atomic E-state index is 13.3. The molecule has 0 bridgehead atoms. The predicted octanol–water partition coefficient (Wildman–Crippen LogP) is 6.99. The largest absolute Gasteiger partial charge is 0.310 e. The van der Waals surface area contributed by atoms with Crippen molar-refractivity contribution in [2.24, 2.45) is 5.41 Å². The van der Waals surface area contributed by atoms with Gasteiger partial charge < -0.3 is 5.32 Å². The Labute approximate surface area is 231 Å². The zero-order valence-electron chi connectivity index (χ0n) is 20.2. The first kappa shape index (κ1) is 25.3. The molecule has 0 unspecified atom stereocenters. The molecule has 1 aromatic heterocycles. The summed E-state index contributed by atoms with van der Waals surface area (Å²) in [5.41, 5.74) is 4.31. The summed E-state index contributed by atoms with van der Waals surface area (Å²) in [6.45, 7) is 1.90. The van der Waals surface area contributed by atoms with E-state index >= 15 is 0 Å². The topological polar surface area (TPSA) is 62.3 Å². The summed E-state index contributed by atoms with van der Waals surface area (Å²) in [7, 11) is -3.53. The van der Waals surface area contributed by atoms with Crippen LogP contribution in [0.4, 0.5) is 0 Å². The van der Waals surface area contributed by atoms with E-state index < -0.39 is 10.0 Å². The smallest absolute Gasteiger partial charge is 0.243 e. The van der Waals surface area contributed by atoms with Gasteiger partial charge in [0.15, 0.2) is 4.47 Å². The fraction of sp³-hybridized carbons (Fsp3) is 0.321. The van der Waals surface area contributed by atoms with Crippen molar-refractivity contribution >= 4 is 54.8 Å². The lowest BCUT2D eigenvalue weighted by atomic mass is 9.60. The van der Waals surface area contributed by atoms with Gasteiger partial charge in [-0.05, 0) is 66.5 Å². The van der Waals surface area contributed by atoms with Gasteiger partial charge in [-0.1, -0.05) is 65.7 Å². The highest BCUT2D eigenvalue weighted by atomic mass is 35.5. The molecular formula is C28H27Cl2N3O2S2. The monoisotopic (exact) mass is 571 g/mol. The highest BCUT2D eigenvalue weighted by Gasteiger charge is 2.47. The molecule has 2 aliphatic rings. The Balaban J connectivity index is 1.02. The summed E-state index contributed by atoms with van der Waals surface area (Å²) >= 11 is 13.9. The van der Waals surface area contributed by atoms with E-state index in [4.69, 9.17) is 23.2 Å². The second kappa shape index (κ2) is 9.95. The van der Waals surface area contributed by atoms with Crippen molar-refractivity contribution in [3.05, 3.63) is 81.8 Å². The van der Waals surface area contributed by atoms with Gasteiger partial charge in [0.25, 0.3) is 0 Å². The Kier molecular flexibility index (Phi) is 6.80. The number of nitrogens with zero attached hydrogens (tertiary/aromatic N) is 2. The molecule has 3 aromatic carbocycles. The third-order valence-corrected chi connectivity index (χ3v) is 11.2. The van der Waals surface area contributed by atoms with Gasteiger partial charge >= 0.3 is 0 Å². The van der Waals surface area contributed by atoms with Gasteiger partial charge in [-0.2, -0.15) is 4.31 Å². The van der Waals surface area contributed by atoms with E-state index in [1.54, 1.807) is 22.5 Å². The molecule has 5 nitrogen and oxygen atoms in total. The predicted molar refractivity (Wildman–Crippen MR) is 152 cm³/mol. The number of fused-ring (bicyclic) bond motifs is 1. The molecule has 1 saturated heterocycles. The second-order valence-electron chi connectivity index (χ2n) is 10.2. The molecular weight excluding hydrogens is 545 g/mol. The Hall–Kier alpha value is -2.00. The van der Waals surface area contributed by atoms with E-state index in [9.17, 15) is 8.42 Å². The van der Waals surface area contributed by atoms with Crippen molar-refractivity contribution in [1.29, 1.82) is 0 Å². The van der Waals surface area contributed by atoms with Crippen LogP contribution in [0.1, 0.15) is 31.2 Å². The van der Waals surface area contributed by atoms with E-state index in [0.29, 0.717) is 28.5 Å². The first-order chi connectivity index (χ1) is 17.8. The first-order valence-corrected chi connectivity index (χ1v) is 15.5. The van der Waals surface area contributed by atoms with Crippen LogP contribution in [0.2, 0.25) is 9.49 Å². The van der Waals surface area contributed by atoms with Crippen LogP contribution >= 0.6 is 34.5 Å². The van der Waals surface area contributed by atoms with Gasteiger partial charge in [-0.15, -0.1) is 11.3 Å². The van der Waals surface area contributed by atoms with E-state index in [1.165, 1.54) is 16.9 Å². The highest BCUT2D eigenvalue weighted by Crippen LogP contribution is 2.49. The average Bonchev–Trinajstić information content (AvgIpc) is 3.26. The Morgan fingerprint density at radius 1 is 1.00 bits per heavy atom. The minimum absolute atomic E-state index is 0.244. The third-order valence-electron chi connectivity index (χ3n) is 7.83. The molecule has 0 atom stereocenters. The summed E-state index contributed by atoms with van der Waals surface area (Å²) in [5, 5.41) is 4.44. The third kappa shape index (κ3) is 5.05. The Bertz CT molecular complexity index is 1540. The molecule has 1 aliphatic heterocycles. The number of rotatable bonds is 6. The Morgan fingerprint density at radius 3 is 2.49 bits per heavy atom. The second-order valence-corrected chi connectivity index (χ2v) is 14.1. The van der Waals surface area contributed by atoms with E-state index in [1.807, 2.05) is 24.3 Å². The van der Waals surface area contributed by atoms with Crippen LogP contribution in [-0.2, 0) is 16.6 Å². The summed E-state index contributed by atoms with van der Waals surface area (Å²) in [4.78, 5) is 4.53. The standard InChI is InChI=1S/C28H27Cl2N3O2S2/c29-24-14-19(6-8-23(24)20-4-2-1-3-5-20)18-31-21-16-28(17-21)10-12-33(13-11-28)37(34,35)22-7-9-25-26(15-22)36-27(30)32-25/h1-9,14-15,21,31H,10-13,16-18H2. The van der Waals surface area contributed by atoms with Gasteiger partial charge in [0.2, 0.25) is 10.0 Å². The maximum Gasteiger partial charge on any atom is 0.243 e. The molecule has 9 heteroatoms. The molecule has 0 amide bonds. The van der Waals surface area contributed by atoms with Crippen LogP contribution in [0.25, 0.3) is 21.3 Å². The van der Waals surface area contributed by atoms with Crippen molar-refractivity contribution in [3.63, 3.8) is 0 Å². The zero-order chi connectivity index (χ0) is 25.6. The average molecular weight is 573 g/mol. The molecule has 1 aliphatic carbocycles. The molecule has 37 heavy (non-hydrogen) atoms. The van der Waals surface area contributed by atoms with Crippen molar-refractivity contribution in [1.82, 2.24) is 14.6 Å². The number of aromatic nitrogens is 1. The number of hydrogen-bond acceptors (Lipinski definition) is 5. The van der Waals surface area contributed by atoms with Crippen molar-refractivity contribution < 1.29 is 8.42 Å². The molecule has 0 radical (unpaired) electrons. The van der Waals surface area contributed by atoms with E-state index in [0.717, 1.165) is 58.6 Å². The lowest BCUT2D eigenvalue weighted by molar-refractivity contribution is 0.0261. The molecule has 4 aromatic rings. The lowest BCUT2D eigenvalue weighted by Gasteiger charge is -2.52. The van der Waals surface area contributed by atoms with Gasteiger partial charge in [0, 0.05) is 36.3 Å². The molecule has 6 rings (SSSR count). The van der Waals surface area contributed by atoms with Crippen LogP contribution in [0.5, 0.6) is 0 Å². The van der Waals surface area contributed by atoms with Gasteiger partial charge in [0.1, 0.15) is 0 Å². The van der Waals surface area contributed by atoms with E-state index in [-0.39, 0.29) is 5.41 Å². The summed E-state index contributed by atoms with van der Waals surface area (Å²) in [6.07, 6.45) is 3.97. The first-order valence-electron chi connectivity index (χ1n) is 12.4. The maximum absolute atomic E-state index is 13.3. The molecule has 192 valence electrons. The zero-order valence-corrected chi connectivity index (χ0v) is 23.3. The fourth-order valence-electron chi connectivity index (χ4n) is 5.71. The highest BCUT2D eigenvalue weighted by molar-refractivity contribution is 7.89. The lowest BCUT2D eigenvalue weighted by Crippen LogP contribution is -2.54. The number of sulfonamides is 1. The van der Waals surface area contributed by atoms with Gasteiger partial charge in [-0.25, -0.2) is 13.4 Å². The van der Waals surface area contributed by atoms with Crippen molar-refractivity contribution in [2.45, 2.75) is 43.2 Å². The normalized spacial score (nSPS) is 18.3. The van der Waals surface area contributed by atoms with Crippen LogP contribution in [0.3, 0.4) is 0 Å². The van der Waals surface area contributed by atoms with Crippen LogP contribution in [-0.4, -0.2) is 36.8 Å². The quantitative estimate of drug-likeness (QED) is 0.271. The molecule has 2 heterocycles. The minimum Gasteiger partial charge on any atom is -0.310 e. The van der Waals surface area contributed by atoms with Gasteiger partial charge in [0.05, 0.1) is 15.1 Å². The summed E-state index contributed by atoms with van der Waals surface area (Å²) in [5.74, 6) is 0. The SMILES string of the molecule is O=S(=O)(c1ccc2nc(Cl)sc2c1)N1CCC2(CC1)CC(NCc1ccc(-c3ccccc3)c(Cl)c1)C2. The summed E-state index contributed by atoms with van der Waals surface area (Å²) in [6, 6.07) is 22.0. The number of hydrogen-bond donors (Lipinski definition) is 1. The number of nitrogens with one attached hydrogen (secondary N) is 1. The fourth-order valence-corrected chi connectivity index (χ4v) is 8.63. The molecule has 1 N–H and O–H groups in total. The van der Waals surface area contributed by atoms with Crippen molar-refractivity contribution in [2.75, 3.05) is 13.1 Å². The molecule has 1 spiro atoms.